The van der Waals surface area contributed by atoms with Crippen LogP contribution in [0.5, 0.6) is 5.75 Å². The summed E-state index contributed by atoms with van der Waals surface area (Å²) < 4.78 is 10.8. The lowest BCUT2D eigenvalue weighted by molar-refractivity contribution is -0.136. The lowest BCUT2D eigenvalue weighted by Gasteiger charge is -2.30. The average Bonchev–Trinajstić information content (AvgIpc) is 2.72. The highest BCUT2D eigenvalue weighted by atomic mass is 35.5. The predicted molar refractivity (Wildman–Crippen MR) is 116 cm³/mol. The summed E-state index contributed by atoms with van der Waals surface area (Å²) in [4.78, 5) is 24.6. The molecule has 0 aliphatic carbocycles. The predicted octanol–water partition coefficient (Wildman–Crippen LogP) is 5.01. The molecule has 0 aromatic heterocycles. The first kappa shape index (κ1) is 22.0. The van der Waals surface area contributed by atoms with Crippen LogP contribution in [0.3, 0.4) is 0 Å². The number of hydrogen-bond donors (Lipinski definition) is 2. The monoisotopic (exact) mass is 448 g/mol. The fraction of sp³-hybridized carbons (Fsp3) is 0.273. The van der Waals surface area contributed by atoms with E-state index in [0.717, 1.165) is 11.1 Å². The van der Waals surface area contributed by atoms with E-state index in [0.29, 0.717) is 27.1 Å². The fourth-order valence-corrected chi connectivity index (χ4v) is 3.65. The molecule has 1 aliphatic heterocycles. The Morgan fingerprint density at radius 1 is 1.13 bits per heavy atom. The molecule has 2 N–H and O–H groups in total. The van der Waals surface area contributed by atoms with Gasteiger partial charge in [0.05, 0.1) is 18.7 Å². The SMILES string of the molecule is COC(=O)C1=C(C(C)C)NC(=O)NC1c1ccc(OCc2ccc(Cl)cc2Cl)cc1. The molecule has 0 radical (unpaired) electrons. The summed E-state index contributed by atoms with van der Waals surface area (Å²) in [6.07, 6.45) is 0. The molecule has 2 aromatic rings. The topological polar surface area (TPSA) is 76.7 Å². The molecule has 30 heavy (non-hydrogen) atoms. The maximum atomic E-state index is 12.4. The highest BCUT2D eigenvalue weighted by Gasteiger charge is 2.34. The molecule has 0 saturated heterocycles. The number of urea groups is 1. The van der Waals surface area contributed by atoms with Crippen molar-refractivity contribution in [3.63, 3.8) is 0 Å². The number of rotatable bonds is 6. The quantitative estimate of drug-likeness (QED) is 0.608. The van der Waals surface area contributed by atoms with Crippen LogP contribution in [0, 0.1) is 5.92 Å². The van der Waals surface area contributed by atoms with Crippen LogP contribution in [0.25, 0.3) is 0 Å². The van der Waals surface area contributed by atoms with Gasteiger partial charge in [-0.3, -0.25) is 0 Å². The van der Waals surface area contributed by atoms with Gasteiger partial charge in [-0.25, -0.2) is 9.59 Å². The van der Waals surface area contributed by atoms with E-state index in [1.54, 1.807) is 36.4 Å². The Bertz CT molecular complexity index is 987. The van der Waals surface area contributed by atoms with Crippen molar-refractivity contribution in [2.45, 2.75) is 26.5 Å². The van der Waals surface area contributed by atoms with Crippen LogP contribution < -0.4 is 15.4 Å². The molecule has 1 heterocycles. The number of amides is 2. The van der Waals surface area contributed by atoms with Crippen molar-refractivity contribution in [3.05, 3.63) is 74.9 Å². The fourth-order valence-electron chi connectivity index (χ4n) is 3.18. The molecular weight excluding hydrogens is 427 g/mol. The van der Waals surface area contributed by atoms with Crippen LogP contribution in [-0.2, 0) is 16.1 Å². The summed E-state index contributed by atoms with van der Waals surface area (Å²) >= 11 is 12.1. The average molecular weight is 449 g/mol. The minimum atomic E-state index is -0.622. The molecule has 0 fully saturated rings. The van der Waals surface area contributed by atoms with Crippen molar-refractivity contribution >= 4 is 35.2 Å². The van der Waals surface area contributed by atoms with Gasteiger partial charge in [0.15, 0.2) is 0 Å². The van der Waals surface area contributed by atoms with Crippen molar-refractivity contribution in [2.24, 2.45) is 5.92 Å². The van der Waals surface area contributed by atoms with E-state index in [4.69, 9.17) is 32.7 Å². The van der Waals surface area contributed by atoms with E-state index in [9.17, 15) is 9.59 Å². The summed E-state index contributed by atoms with van der Waals surface area (Å²) in [7, 11) is 1.32. The Kier molecular flexibility index (Phi) is 6.90. The zero-order chi connectivity index (χ0) is 21.8. The standard InChI is InChI=1S/C22H22Cl2N2O4/c1-12(2)19-18(21(27)29-3)20(26-22(28)25-19)13-5-8-16(9-6-13)30-11-14-4-7-15(23)10-17(14)24/h4-10,12,20H,11H2,1-3H3,(H2,25,26,28). The highest BCUT2D eigenvalue weighted by Crippen LogP contribution is 2.31. The molecule has 2 aromatic carbocycles. The van der Waals surface area contributed by atoms with Gasteiger partial charge >= 0.3 is 12.0 Å². The van der Waals surface area contributed by atoms with Gasteiger partial charge in [0, 0.05) is 21.3 Å². The van der Waals surface area contributed by atoms with E-state index < -0.39 is 12.0 Å². The van der Waals surface area contributed by atoms with Crippen LogP contribution in [0.1, 0.15) is 31.0 Å². The van der Waals surface area contributed by atoms with Crippen molar-refractivity contribution in [3.8, 4) is 5.75 Å². The van der Waals surface area contributed by atoms with Crippen molar-refractivity contribution in [1.82, 2.24) is 10.6 Å². The van der Waals surface area contributed by atoms with E-state index in [2.05, 4.69) is 10.6 Å². The number of esters is 1. The number of nitrogens with one attached hydrogen (secondary N) is 2. The summed E-state index contributed by atoms with van der Waals surface area (Å²) in [5.74, 6) is 0.0750. The first-order valence-electron chi connectivity index (χ1n) is 9.36. The van der Waals surface area contributed by atoms with Gasteiger partial charge in [-0.15, -0.1) is 0 Å². The van der Waals surface area contributed by atoms with Crippen molar-refractivity contribution < 1.29 is 19.1 Å². The first-order valence-corrected chi connectivity index (χ1v) is 10.1. The van der Waals surface area contributed by atoms with Gasteiger partial charge in [0.1, 0.15) is 12.4 Å². The summed E-state index contributed by atoms with van der Waals surface area (Å²) in [5.41, 5.74) is 2.48. The van der Waals surface area contributed by atoms with Crippen LogP contribution in [0.15, 0.2) is 53.7 Å². The number of hydrogen-bond acceptors (Lipinski definition) is 4. The molecule has 1 unspecified atom stereocenters. The van der Waals surface area contributed by atoms with Gasteiger partial charge in [0.25, 0.3) is 0 Å². The molecule has 6 nitrogen and oxygen atoms in total. The molecule has 0 bridgehead atoms. The number of carbonyl (C=O) groups excluding carboxylic acids is 2. The van der Waals surface area contributed by atoms with Crippen LogP contribution >= 0.6 is 23.2 Å². The minimum absolute atomic E-state index is 0.0561. The number of carbonyl (C=O) groups is 2. The second-order valence-corrected chi connectivity index (χ2v) is 7.94. The number of allylic oxidation sites excluding steroid dienone is 1. The van der Waals surface area contributed by atoms with Crippen LogP contribution in [0.2, 0.25) is 10.0 Å². The Morgan fingerprint density at radius 2 is 1.83 bits per heavy atom. The van der Waals surface area contributed by atoms with E-state index in [-0.39, 0.29) is 18.6 Å². The zero-order valence-corrected chi connectivity index (χ0v) is 18.3. The normalized spacial score (nSPS) is 16.2. The molecule has 158 valence electrons. The number of halogens is 2. The van der Waals surface area contributed by atoms with Gasteiger partial charge < -0.3 is 20.1 Å². The van der Waals surface area contributed by atoms with E-state index >= 15 is 0 Å². The van der Waals surface area contributed by atoms with E-state index in [1.165, 1.54) is 7.11 Å². The second kappa shape index (κ2) is 9.41. The maximum Gasteiger partial charge on any atom is 0.337 e. The van der Waals surface area contributed by atoms with Crippen molar-refractivity contribution in [1.29, 1.82) is 0 Å². The highest BCUT2D eigenvalue weighted by molar-refractivity contribution is 6.35. The molecular formula is C22H22Cl2N2O4. The third kappa shape index (κ3) is 4.89. The maximum absolute atomic E-state index is 12.4. The largest absolute Gasteiger partial charge is 0.489 e. The van der Waals surface area contributed by atoms with Gasteiger partial charge in [-0.05, 0) is 35.7 Å². The summed E-state index contributed by atoms with van der Waals surface area (Å²) in [6, 6.07) is 11.4. The minimum Gasteiger partial charge on any atom is -0.489 e. The molecule has 1 aliphatic rings. The molecule has 3 rings (SSSR count). The molecule has 0 spiro atoms. The Balaban J connectivity index is 1.82. The molecule has 2 amide bonds. The van der Waals surface area contributed by atoms with Crippen molar-refractivity contribution in [2.75, 3.05) is 7.11 Å². The van der Waals surface area contributed by atoms with Gasteiger partial charge in [-0.1, -0.05) is 55.2 Å². The number of methoxy groups -OCH3 is 1. The third-order valence-corrected chi connectivity index (χ3v) is 5.29. The Morgan fingerprint density at radius 3 is 2.43 bits per heavy atom. The third-order valence-electron chi connectivity index (χ3n) is 4.71. The smallest absolute Gasteiger partial charge is 0.337 e. The lowest BCUT2D eigenvalue weighted by atomic mass is 9.91. The van der Waals surface area contributed by atoms with Gasteiger partial charge in [0.2, 0.25) is 0 Å². The Labute approximate surface area is 185 Å². The molecule has 1 atom stereocenters. The van der Waals surface area contributed by atoms with Crippen LogP contribution in [-0.4, -0.2) is 19.1 Å². The summed E-state index contributed by atoms with van der Waals surface area (Å²) in [5, 5.41) is 6.61. The zero-order valence-electron chi connectivity index (χ0n) is 16.8. The number of benzene rings is 2. The second-order valence-electron chi connectivity index (χ2n) is 7.10. The summed E-state index contributed by atoms with van der Waals surface area (Å²) in [6.45, 7) is 4.09. The van der Waals surface area contributed by atoms with Crippen LogP contribution in [0.4, 0.5) is 4.79 Å². The van der Waals surface area contributed by atoms with E-state index in [1.807, 2.05) is 19.9 Å². The van der Waals surface area contributed by atoms with Gasteiger partial charge in [-0.2, -0.15) is 0 Å². The lowest BCUT2D eigenvalue weighted by Crippen LogP contribution is -2.47. The molecule has 8 heteroatoms. The first-order chi connectivity index (χ1) is 14.3. The Hall–Kier alpha value is -2.70. The molecule has 0 saturated carbocycles. The number of ether oxygens (including phenoxy) is 2.